The molecule has 3 aliphatic carbocycles. The van der Waals surface area contributed by atoms with Gasteiger partial charge in [-0.25, -0.2) is 0 Å². The third-order valence-corrected chi connectivity index (χ3v) is 16.8. The van der Waals surface area contributed by atoms with Crippen molar-refractivity contribution < 1.29 is 30.6 Å². The second-order valence-electron chi connectivity index (χ2n) is 21.6. The van der Waals surface area contributed by atoms with Crippen LogP contribution < -0.4 is 0 Å². The van der Waals surface area contributed by atoms with Gasteiger partial charge in [-0.1, -0.05) is 106 Å². The Morgan fingerprint density at radius 3 is 1.40 bits per heavy atom. The highest BCUT2D eigenvalue weighted by Gasteiger charge is 2.41. The fourth-order valence-electron chi connectivity index (χ4n) is 13.3. The lowest BCUT2D eigenvalue weighted by Crippen LogP contribution is -2.31. The van der Waals surface area contributed by atoms with Crippen LogP contribution in [0.1, 0.15) is 202 Å². The number of aromatic hydroxyl groups is 6. The molecule has 0 amide bonds. The molecular weight excluding hydrogens is 769 g/mol. The van der Waals surface area contributed by atoms with Gasteiger partial charge in [0.05, 0.1) is 0 Å². The van der Waals surface area contributed by atoms with Gasteiger partial charge in [0, 0.05) is 16.7 Å². The minimum absolute atomic E-state index is 0.0723. The third kappa shape index (κ3) is 11.2. The van der Waals surface area contributed by atoms with Crippen LogP contribution in [-0.4, -0.2) is 30.6 Å². The summed E-state index contributed by atoms with van der Waals surface area (Å²) in [5.74, 6) is 5.83. The predicted octanol–water partition coefficient (Wildman–Crippen LogP) is 14.9. The average molecular weight is 853 g/mol. The van der Waals surface area contributed by atoms with Crippen molar-refractivity contribution in [3.05, 3.63) is 69.8 Å². The molecule has 0 bridgehead atoms. The van der Waals surface area contributed by atoms with Crippen molar-refractivity contribution in [3.63, 3.8) is 0 Å². The fourth-order valence-corrected chi connectivity index (χ4v) is 13.3. The van der Waals surface area contributed by atoms with Gasteiger partial charge in [0.2, 0.25) is 0 Å². The summed E-state index contributed by atoms with van der Waals surface area (Å²) in [7, 11) is 0. The molecule has 3 fully saturated rings. The number of phenols is 6. The van der Waals surface area contributed by atoms with Crippen molar-refractivity contribution in [1.82, 2.24) is 0 Å². The van der Waals surface area contributed by atoms with Crippen LogP contribution >= 0.6 is 0 Å². The van der Waals surface area contributed by atoms with Crippen LogP contribution in [0.15, 0.2) is 36.4 Å². The Bertz CT molecular complexity index is 1850. The van der Waals surface area contributed by atoms with Crippen LogP contribution in [0.2, 0.25) is 0 Å². The predicted molar refractivity (Wildman–Crippen MR) is 255 cm³/mol. The SMILES string of the molecule is CCCCCc1cc(O)c(C2C[C@H](CCC(C)C3CCC(CCC(C)C4CCC(C)CC4c4c(O)cc(CC)cc4O)CC3c3c(O)cc(C)cc3O)CCC2C(C)C)c(O)c1. The Hall–Kier alpha value is -3.54. The second-order valence-corrected chi connectivity index (χ2v) is 21.6. The lowest BCUT2D eigenvalue weighted by Gasteiger charge is -2.43. The number of aryl methyl sites for hydroxylation is 3. The number of phenolic OH excluding ortho intramolecular Hbond substituents is 6. The first-order valence-corrected chi connectivity index (χ1v) is 25.2. The summed E-state index contributed by atoms with van der Waals surface area (Å²) in [6, 6.07) is 11.2. The zero-order valence-electron chi connectivity index (χ0n) is 39.8. The summed E-state index contributed by atoms with van der Waals surface area (Å²) >= 11 is 0. The van der Waals surface area contributed by atoms with Gasteiger partial charge in [0.25, 0.3) is 0 Å². The van der Waals surface area contributed by atoms with Gasteiger partial charge in [0.15, 0.2) is 0 Å². The molecule has 0 radical (unpaired) electrons. The highest BCUT2D eigenvalue weighted by molar-refractivity contribution is 5.51. The van der Waals surface area contributed by atoms with Gasteiger partial charge < -0.3 is 30.6 Å². The van der Waals surface area contributed by atoms with Crippen molar-refractivity contribution in [3.8, 4) is 34.5 Å². The van der Waals surface area contributed by atoms with Gasteiger partial charge in [0.1, 0.15) is 34.5 Å². The van der Waals surface area contributed by atoms with Crippen LogP contribution in [0.3, 0.4) is 0 Å². The van der Waals surface area contributed by atoms with E-state index in [-0.39, 0.29) is 52.3 Å². The lowest BCUT2D eigenvalue weighted by atomic mass is 9.62. The van der Waals surface area contributed by atoms with Crippen LogP contribution in [0.4, 0.5) is 0 Å². The minimum Gasteiger partial charge on any atom is -0.508 e. The van der Waals surface area contributed by atoms with Crippen LogP contribution in [-0.2, 0) is 12.8 Å². The summed E-state index contributed by atoms with van der Waals surface area (Å²) in [5, 5.41) is 68.1. The molecule has 10 unspecified atom stereocenters. The molecule has 6 rings (SSSR count). The standard InChI is InChI=1S/C56H84O6/c1-9-11-12-13-41-31-52(61)55(53(62)32-41)46-27-39(19-22-42(46)33(3)4)17-16-37(8)44-23-20-40(28-47(44)56-48(57)25-35(6)26-49(56)58)18-15-36(7)43-21-14-34(5)24-45(43)54-50(59)29-38(10-2)30-51(54)60/h25-26,29-34,36-37,39-40,42-47,57-62H,9-24,27-28H2,1-8H3/t34?,36?,37?,39-,40?,42?,43?,44?,45?,46?,47?/m1/s1. The Balaban J connectivity index is 1.14. The van der Waals surface area contributed by atoms with Crippen LogP contribution in [0.25, 0.3) is 0 Å². The van der Waals surface area contributed by atoms with E-state index in [0.29, 0.717) is 53.3 Å². The third-order valence-electron chi connectivity index (χ3n) is 16.8. The number of unbranched alkanes of at least 4 members (excludes halogenated alkanes) is 2. The van der Waals surface area contributed by atoms with E-state index in [0.717, 1.165) is 136 Å². The van der Waals surface area contributed by atoms with E-state index >= 15 is 0 Å². The topological polar surface area (TPSA) is 121 Å². The fraction of sp³-hybridized carbons (Fsp3) is 0.679. The van der Waals surface area contributed by atoms with Gasteiger partial charge in [-0.05, 0) is 189 Å². The molecule has 11 atom stereocenters. The average Bonchev–Trinajstić information content (AvgIpc) is 3.21. The van der Waals surface area contributed by atoms with Gasteiger partial charge in [-0.15, -0.1) is 0 Å². The Labute approximate surface area is 375 Å². The van der Waals surface area contributed by atoms with Gasteiger partial charge >= 0.3 is 0 Å². The first-order chi connectivity index (χ1) is 29.6. The molecule has 6 N–H and O–H groups in total. The maximum Gasteiger partial charge on any atom is 0.123 e. The number of hydrogen-bond acceptors (Lipinski definition) is 6. The summed E-state index contributed by atoms with van der Waals surface area (Å²) in [6.07, 6.45) is 19.0. The summed E-state index contributed by atoms with van der Waals surface area (Å²) in [4.78, 5) is 0. The zero-order valence-corrected chi connectivity index (χ0v) is 39.8. The number of benzene rings is 3. The number of hydrogen-bond donors (Lipinski definition) is 6. The summed E-state index contributed by atoms with van der Waals surface area (Å²) in [6.45, 7) is 17.8. The number of rotatable bonds is 17. The van der Waals surface area contributed by atoms with Crippen molar-refractivity contribution in [2.24, 2.45) is 53.3 Å². The Kier molecular flexibility index (Phi) is 16.6. The normalized spacial score (nSPS) is 27.9. The highest BCUT2D eigenvalue weighted by atomic mass is 16.3. The first-order valence-electron chi connectivity index (χ1n) is 25.2. The van der Waals surface area contributed by atoms with Gasteiger partial charge in [-0.2, -0.15) is 0 Å². The van der Waals surface area contributed by atoms with Gasteiger partial charge in [-0.3, -0.25) is 0 Å². The molecule has 62 heavy (non-hydrogen) atoms. The maximum atomic E-state index is 11.4. The van der Waals surface area contributed by atoms with E-state index in [1.165, 1.54) is 12.8 Å². The molecule has 0 aromatic heterocycles. The molecule has 0 aliphatic heterocycles. The molecule has 3 aromatic carbocycles. The molecule has 0 saturated heterocycles. The lowest BCUT2D eigenvalue weighted by molar-refractivity contribution is 0.131. The summed E-state index contributed by atoms with van der Waals surface area (Å²) < 4.78 is 0. The van der Waals surface area contributed by atoms with E-state index in [9.17, 15) is 30.6 Å². The van der Waals surface area contributed by atoms with Crippen LogP contribution in [0, 0.1) is 60.2 Å². The molecule has 6 nitrogen and oxygen atoms in total. The monoisotopic (exact) mass is 853 g/mol. The van der Waals surface area contributed by atoms with Crippen molar-refractivity contribution in [2.75, 3.05) is 0 Å². The molecule has 6 heteroatoms. The molecule has 0 spiro atoms. The zero-order chi connectivity index (χ0) is 44.8. The largest absolute Gasteiger partial charge is 0.508 e. The molecule has 3 saturated carbocycles. The molecule has 3 aromatic rings. The summed E-state index contributed by atoms with van der Waals surface area (Å²) in [5.41, 5.74) is 5.08. The first kappa shape index (κ1) is 47.9. The maximum absolute atomic E-state index is 11.4. The molecule has 0 heterocycles. The van der Waals surface area contributed by atoms with Crippen LogP contribution in [0.5, 0.6) is 34.5 Å². The Morgan fingerprint density at radius 1 is 0.516 bits per heavy atom. The minimum atomic E-state index is 0.0723. The smallest absolute Gasteiger partial charge is 0.123 e. The van der Waals surface area contributed by atoms with E-state index in [1.54, 1.807) is 0 Å². The molecular formula is C56H84O6. The van der Waals surface area contributed by atoms with Crippen molar-refractivity contribution in [1.29, 1.82) is 0 Å². The molecule has 3 aliphatic rings. The van der Waals surface area contributed by atoms with E-state index in [4.69, 9.17) is 0 Å². The van der Waals surface area contributed by atoms with Crippen molar-refractivity contribution >= 4 is 0 Å². The molecule has 344 valence electrons. The Morgan fingerprint density at radius 2 is 0.935 bits per heavy atom. The quantitative estimate of drug-likeness (QED) is 0.0752. The highest BCUT2D eigenvalue weighted by Crippen LogP contribution is 2.55. The second kappa shape index (κ2) is 21.4. The van der Waals surface area contributed by atoms with E-state index in [1.807, 2.05) is 50.2 Å². The van der Waals surface area contributed by atoms with Crippen molar-refractivity contribution in [2.45, 2.75) is 189 Å². The van der Waals surface area contributed by atoms with E-state index in [2.05, 4.69) is 41.5 Å². The van der Waals surface area contributed by atoms with E-state index < -0.39 is 0 Å².